The second kappa shape index (κ2) is 15.7. The number of nitriles is 1. The molecule has 0 unspecified atom stereocenters. The summed E-state index contributed by atoms with van der Waals surface area (Å²) in [7, 11) is 0. The molecule has 1 aliphatic rings. The molecule has 0 radical (unpaired) electrons. The molecule has 0 bridgehead atoms. The van der Waals surface area contributed by atoms with E-state index in [2.05, 4.69) is 237 Å². The number of aromatic nitrogens is 5. The van der Waals surface area contributed by atoms with Gasteiger partial charge in [-0.2, -0.15) is 5.26 Å². The molecule has 9 aromatic carbocycles. The van der Waals surface area contributed by atoms with Crippen LogP contribution in [-0.2, 0) is 6.42 Å². The minimum Gasteiger partial charge on any atom is -0.313 e. The molecule has 0 N–H and O–H groups in total. The number of hydrogen-bond donors (Lipinski definition) is 0. The van der Waals surface area contributed by atoms with Gasteiger partial charge in [0.05, 0.1) is 55.7 Å². The summed E-state index contributed by atoms with van der Waals surface area (Å²) in [5.74, 6) is 0. The second-order valence-electron chi connectivity index (χ2n) is 18.9. The van der Waals surface area contributed by atoms with E-state index in [0.29, 0.717) is 5.56 Å². The molecule has 6 heteroatoms. The van der Waals surface area contributed by atoms with Crippen LogP contribution in [-0.4, -0.2) is 23.3 Å². The molecule has 0 saturated carbocycles. The van der Waals surface area contributed by atoms with Crippen molar-refractivity contribution in [2.24, 2.45) is 0 Å². The molecule has 336 valence electrons. The molecular formula is C66H42N6. The molecule has 0 atom stereocenters. The number of rotatable bonds is 6. The molecule has 5 aromatic heterocycles. The summed E-state index contributed by atoms with van der Waals surface area (Å²) < 4.78 is 9.47. The Bertz CT molecular complexity index is 4590. The van der Waals surface area contributed by atoms with E-state index in [9.17, 15) is 5.26 Å². The van der Waals surface area contributed by atoms with Gasteiger partial charge in [-0.25, -0.2) is 0 Å². The van der Waals surface area contributed by atoms with Gasteiger partial charge in [0.25, 0.3) is 0 Å². The first-order valence-electron chi connectivity index (χ1n) is 24.7. The van der Waals surface area contributed by atoms with Gasteiger partial charge in [-0.15, -0.1) is 0 Å². The van der Waals surface area contributed by atoms with E-state index in [1.54, 1.807) is 0 Å². The van der Waals surface area contributed by atoms with E-state index in [0.717, 1.165) is 113 Å². The Labute approximate surface area is 414 Å². The molecule has 1 aliphatic carbocycles. The monoisotopic (exact) mass is 918 g/mol. The van der Waals surface area contributed by atoms with Crippen molar-refractivity contribution in [2.45, 2.75) is 12.8 Å². The van der Waals surface area contributed by atoms with E-state index in [1.807, 2.05) is 18.3 Å². The van der Waals surface area contributed by atoms with Crippen molar-refractivity contribution < 1.29 is 0 Å². The smallest absolute Gasteiger partial charge is 0.104 e. The summed E-state index contributed by atoms with van der Waals surface area (Å²) in [4.78, 5) is 5.03. The molecule has 15 rings (SSSR count). The quantitative estimate of drug-likeness (QED) is 0.167. The number of nitrogens with zero attached hydrogens (tertiary/aromatic N) is 6. The maximum absolute atomic E-state index is 11.8. The summed E-state index contributed by atoms with van der Waals surface area (Å²) in [6.45, 7) is 0. The zero-order chi connectivity index (χ0) is 47.4. The van der Waals surface area contributed by atoms with Crippen LogP contribution in [0.2, 0.25) is 0 Å². The third kappa shape index (κ3) is 5.79. The number of hydrogen-bond acceptors (Lipinski definition) is 2. The van der Waals surface area contributed by atoms with Gasteiger partial charge in [0.1, 0.15) is 11.6 Å². The highest BCUT2D eigenvalue weighted by Crippen LogP contribution is 2.44. The molecule has 0 amide bonds. The summed E-state index contributed by atoms with van der Waals surface area (Å²) >= 11 is 0. The first-order valence-corrected chi connectivity index (χ1v) is 24.7. The van der Waals surface area contributed by atoms with Crippen LogP contribution < -0.4 is 0 Å². The number of allylic oxidation sites excluding steroid dienone is 1. The van der Waals surface area contributed by atoms with Gasteiger partial charge in [0.15, 0.2) is 0 Å². The largest absolute Gasteiger partial charge is 0.313 e. The topological polar surface area (TPSA) is 56.4 Å². The average molecular weight is 919 g/mol. The molecule has 5 heterocycles. The van der Waals surface area contributed by atoms with Crippen LogP contribution in [0.1, 0.15) is 23.2 Å². The van der Waals surface area contributed by atoms with E-state index >= 15 is 0 Å². The Morgan fingerprint density at radius 1 is 0.403 bits per heavy atom. The highest BCUT2D eigenvalue weighted by molar-refractivity contribution is 6.14. The third-order valence-electron chi connectivity index (χ3n) is 15.1. The lowest BCUT2D eigenvalue weighted by Crippen LogP contribution is -2.06. The Hall–Kier alpha value is -9.70. The van der Waals surface area contributed by atoms with Gasteiger partial charge >= 0.3 is 0 Å². The van der Waals surface area contributed by atoms with Crippen molar-refractivity contribution in [3.63, 3.8) is 0 Å². The predicted octanol–water partition coefficient (Wildman–Crippen LogP) is 16.5. The molecule has 14 aromatic rings. The van der Waals surface area contributed by atoms with Gasteiger partial charge in [-0.1, -0.05) is 140 Å². The van der Waals surface area contributed by atoms with E-state index in [1.165, 1.54) is 32.9 Å². The fourth-order valence-corrected chi connectivity index (χ4v) is 12.1. The summed E-state index contributed by atoms with van der Waals surface area (Å²) in [5.41, 5.74) is 18.5. The lowest BCUT2D eigenvalue weighted by Gasteiger charge is -2.19. The Morgan fingerprint density at radius 3 is 1.44 bits per heavy atom. The summed E-state index contributed by atoms with van der Waals surface area (Å²) in [6, 6.07) is 78.8. The van der Waals surface area contributed by atoms with Gasteiger partial charge in [-0.3, -0.25) is 4.98 Å². The van der Waals surface area contributed by atoms with Crippen molar-refractivity contribution >= 4 is 82.4 Å². The Balaban J connectivity index is 1.02. The average Bonchev–Trinajstić information content (AvgIpc) is 4.18. The van der Waals surface area contributed by atoms with Crippen LogP contribution in [0.15, 0.2) is 225 Å². The highest BCUT2D eigenvalue weighted by Gasteiger charge is 2.25. The number of para-hydroxylation sites is 5. The van der Waals surface area contributed by atoms with Crippen molar-refractivity contribution in [3.05, 3.63) is 241 Å². The van der Waals surface area contributed by atoms with Crippen LogP contribution >= 0.6 is 0 Å². The highest BCUT2D eigenvalue weighted by atomic mass is 15.0. The minimum atomic E-state index is 0.571. The molecule has 6 nitrogen and oxygen atoms in total. The lowest BCUT2D eigenvalue weighted by molar-refractivity contribution is 0.889. The second-order valence-corrected chi connectivity index (χ2v) is 18.9. The van der Waals surface area contributed by atoms with Crippen molar-refractivity contribution in [2.75, 3.05) is 0 Å². The van der Waals surface area contributed by atoms with Crippen molar-refractivity contribution in [1.29, 1.82) is 5.26 Å². The van der Waals surface area contributed by atoms with Gasteiger partial charge in [0, 0.05) is 77.7 Å². The first-order chi connectivity index (χ1) is 35.7. The van der Waals surface area contributed by atoms with Gasteiger partial charge < -0.3 is 18.3 Å². The maximum atomic E-state index is 11.8. The molecule has 72 heavy (non-hydrogen) atoms. The standard InChI is InChI=1S/C66H42N6/c67-41-55-64(71-60-30-14-8-23-51(60)53-39-44(32-34-62(53)71)69-56-26-10-4-19-47(56)48-20-5-11-27-57(48)69)37-43(46-25-16-36-68-66(46)42-17-2-1-3-18-42)38-65(55)72-61-31-15-9-24-52(61)54-40-45(33-35-63(54)72)70-58-28-12-6-21-49(58)50-22-7-13-29-59(50)70/h1-12,14-28,30-40H,13,29H2. The number of fused-ring (bicyclic) bond motifs is 12. The Morgan fingerprint density at radius 2 is 0.875 bits per heavy atom. The van der Waals surface area contributed by atoms with Crippen molar-refractivity contribution in [1.82, 2.24) is 23.3 Å². The lowest BCUT2D eigenvalue weighted by atomic mass is 9.96. The summed E-state index contributed by atoms with van der Waals surface area (Å²) in [5, 5.41) is 20.0. The van der Waals surface area contributed by atoms with E-state index in [-0.39, 0.29) is 0 Å². The van der Waals surface area contributed by atoms with Gasteiger partial charge in [-0.05, 0) is 103 Å². The maximum Gasteiger partial charge on any atom is 0.104 e. The third-order valence-corrected chi connectivity index (χ3v) is 15.1. The van der Waals surface area contributed by atoms with Crippen molar-refractivity contribution in [3.8, 4) is 51.2 Å². The van der Waals surface area contributed by atoms with Crippen LogP contribution in [0, 0.1) is 11.3 Å². The molecule has 0 saturated heterocycles. The van der Waals surface area contributed by atoms with Crippen LogP contribution in [0.3, 0.4) is 0 Å². The van der Waals surface area contributed by atoms with Crippen LogP contribution in [0.4, 0.5) is 0 Å². The zero-order valence-corrected chi connectivity index (χ0v) is 39.0. The number of benzene rings is 9. The fraction of sp³-hybridized carbons (Fsp3) is 0.0303. The van der Waals surface area contributed by atoms with Crippen LogP contribution in [0.5, 0.6) is 0 Å². The SMILES string of the molecule is N#Cc1c(-n2c3ccccc3c3cc(-n4c5c(c6ccccc64)C=CCC5)ccc32)cc(-c2cccnc2-c2ccccc2)cc1-n1c2ccccc2c2cc(-n3c4ccccc4c4ccccc43)ccc21. The molecule has 0 spiro atoms. The van der Waals surface area contributed by atoms with E-state index in [4.69, 9.17) is 4.98 Å². The fourth-order valence-electron chi connectivity index (χ4n) is 12.1. The molecule has 0 fully saturated rings. The van der Waals surface area contributed by atoms with Gasteiger partial charge in [0.2, 0.25) is 0 Å². The summed E-state index contributed by atoms with van der Waals surface area (Å²) in [6.07, 6.45) is 8.44. The van der Waals surface area contributed by atoms with Crippen LogP contribution in [0.25, 0.3) is 128 Å². The Kier molecular flexibility index (Phi) is 8.75. The zero-order valence-electron chi connectivity index (χ0n) is 39.0. The predicted molar refractivity (Wildman–Crippen MR) is 297 cm³/mol. The minimum absolute atomic E-state index is 0.571. The first kappa shape index (κ1) is 40.2. The number of pyridine rings is 1. The van der Waals surface area contributed by atoms with E-state index < -0.39 is 0 Å². The molecular weight excluding hydrogens is 877 g/mol. The molecule has 0 aliphatic heterocycles. The normalized spacial score (nSPS) is 12.5.